The number of benzene rings is 1. The average molecular weight is 517 g/mol. The number of nitrogens with zero attached hydrogens (tertiary/aromatic N) is 1. The third kappa shape index (κ3) is 6.03. The standard InChI is InChI=1S/C29H32N4O3S/c1-18-14-15-21(27(34)23(37-3)16-22(30)29(35)36-2)25(19-10-6-4-7-11-19)26(18)32-24-17-31-28(33-24)20-12-8-5-9-13-20/h4-12,14-15,17,20,22-23,26,32H,1,13,16,30H2,2-3H3,(H,31,33)/t20?,22-,23?,26?/m0/s1. The van der Waals surface area contributed by atoms with Gasteiger partial charge >= 0.3 is 5.97 Å². The molecule has 0 radical (unpaired) electrons. The predicted octanol–water partition coefficient (Wildman–Crippen LogP) is 4.56. The number of hydrogen-bond donors (Lipinski definition) is 3. The molecule has 0 bridgehead atoms. The molecule has 0 spiro atoms. The average Bonchev–Trinajstić information content (AvgIpc) is 3.41. The number of carbonyl (C=O) groups excluding carboxylic acids is 2. The van der Waals surface area contributed by atoms with Crippen LogP contribution in [0.25, 0.3) is 5.57 Å². The highest BCUT2D eigenvalue weighted by molar-refractivity contribution is 8.00. The van der Waals surface area contributed by atoms with Crippen LogP contribution in [0.4, 0.5) is 5.82 Å². The van der Waals surface area contributed by atoms with Crippen LogP contribution in [0.5, 0.6) is 0 Å². The molecule has 0 aliphatic heterocycles. The molecule has 0 amide bonds. The van der Waals surface area contributed by atoms with Crippen LogP contribution in [0.3, 0.4) is 0 Å². The zero-order valence-corrected chi connectivity index (χ0v) is 21.8. The van der Waals surface area contributed by atoms with Crippen molar-refractivity contribution in [1.82, 2.24) is 9.97 Å². The molecule has 0 saturated carbocycles. The summed E-state index contributed by atoms with van der Waals surface area (Å²) in [5.41, 5.74) is 9.12. The van der Waals surface area contributed by atoms with Crippen molar-refractivity contribution in [2.24, 2.45) is 5.73 Å². The first-order valence-corrected chi connectivity index (χ1v) is 13.4. The zero-order valence-electron chi connectivity index (χ0n) is 21.0. The monoisotopic (exact) mass is 516 g/mol. The molecule has 2 aromatic rings. The van der Waals surface area contributed by atoms with Crippen molar-refractivity contribution in [3.8, 4) is 0 Å². The van der Waals surface area contributed by atoms with E-state index in [-0.39, 0.29) is 24.2 Å². The Hall–Kier alpha value is -3.62. The van der Waals surface area contributed by atoms with Crippen molar-refractivity contribution < 1.29 is 14.3 Å². The van der Waals surface area contributed by atoms with Gasteiger partial charge in [0.2, 0.25) is 0 Å². The maximum atomic E-state index is 13.8. The van der Waals surface area contributed by atoms with Crippen LogP contribution in [0, 0.1) is 0 Å². The number of hydrogen-bond acceptors (Lipinski definition) is 7. The first kappa shape index (κ1) is 26.4. The molecule has 37 heavy (non-hydrogen) atoms. The maximum absolute atomic E-state index is 13.8. The number of anilines is 1. The number of Topliss-reactive ketones (excluding diaryl/α,β-unsaturated/α-hetero) is 1. The summed E-state index contributed by atoms with van der Waals surface area (Å²) in [6.07, 6.45) is 16.7. The smallest absolute Gasteiger partial charge is 0.322 e. The fraction of sp³-hybridized carbons (Fsp3) is 0.276. The molecule has 0 fully saturated rings. The number of aromatic amines is 1. The third-order valence-corrected chi connectivity index (χ3v) is 7.52. The Morgan fingerprint density at radius 2 is 2.05 bits per heavy atom. The summed E-state index contributed by atoms with van der Waals surface area (Å²) in [6, 6.07) is 8.55. The first-order valence-electron chi connectivity index (χ1n) is 12.1. The van der Waals surface area contributed by atoms with Gasteiger partial charge in [-0.15, -0.1) is 0 Å². The number of aromatic nitrogens is 2. The fourth-order valence-electron chi connectivity index (χ4n) is 4.54. The van der Waals surface area contributed by atoms with Crippen LogP contribution in [0.2, 0.25) is 0 Å². The molecule has 8 heteroatoms. The third-order valence-electron chi connectivity index (χ3n) is 6.54. The minimum Gasteiger partial charge on any atom is -0.468 e. The van der Waals surface area contributed by atoms with Gasteiger partial charge in [0.25, 0.3) is 0 Å². The first-order chi connectivity index (χ1) is 17.9. The van der Waals surface area contributed by atoms with Gasteiger partial charge < -0.3 is 20.8 Å². The van der Waals surface area contributed by atoms with E-state index in [0.29, 0.717) is 5.57 Å². The number of nitrogens with one attached hydrogen (secondary N) is 2. The molecule has 2 aliphatic rings. The van der Waals surface area contributed by atoms with Crippen molar-refractivity contribution in [3.05, 3.63) is 102 Å². The van der Waals surface area contributed by atoms with E-state index in [2.05, 4.69) is 34.0 Å². The van der Waals surface area contributed by atoms with Gasteiger partial charge in [0.1, 0.15) is 17.7 Å². The minimum absolute atomic E-state index is 0.0920. The van der Waals surface area contributed by atoms with Gasteiger partial charge in [-0.2, -0.15) is 11.8 Å². The summed E-state index contributed by atoms with van der Waals surface area (Å²) in [5, 5.41) is 3.01. The normalized spacial score (nSPS) is 20.6. The zero-order chi connectivity index (χ0) is 26.4. The van der Waals surface area contributed by atoms with E-state index in [1.165, 1.54) is 18.9 Å². The summed E-state index contributed by atoms with van der Waals surface area (Å²) < 4.78 is 4.77. The number of allylic oxidation sites excluding steroid dienone is 6. The number of methoxy groups -OCH3 is 1. The Morgan fingerprint density at radius 3 is 2.73 bits per heavy atom. The number of nitrogens with two attached hydrogens (primary N) is 1. The maximum Gasteiger partial charge on any atom is 0.322 e. The Morgan fingerprint density at radius 1 is 1.27 bits per heavy atom. The molecule has 7 nitrogen and oxygen atoms in total. The van der Waals surface area contributed by atoms with E-state index in [9.17, 15) is 9.59 Å². The Bertz CT molecular complexity index is 1280. The largest absolute Gasteiger partial charge is 0.468 e. The molecule has 192 valence electrons. The highest BCUT2D eigenvalue weighted by atomic mass is 32.2. The molecule has 4 N–H and O–H groups in total. The molecule has 1 heterocycles. The molecule has 0 saturated heterocycles. The number of imidazole rings is 1. The van der Waals surface area contributed by atoms with E-state index in [1.807, 2.05) is 60.9 Å². The van der Waals surface area contributed by atoms with Crippen molar-refractivity contribution >= 4 is 34.9 Å². The lowest BCUT2D eigenvalue weighted by atomic mass is 9.82. The summed E-state index contributed by atoms with van der Waals surface area (Å²) in [7, 11) is 1.29. The second kappa shape index (κ2) is 12.1. The molecule has 4 atom stereocenters. The number of rotatable bonds is 10. The Labute approximate surface area is 221 Å². The predicted molar refractivity (Wildman–Crippen MR) is 150 cm³/mol. The molecule has 4 rings (SSSR count). The second-order valence-corrected chi connectivity index (χ2v) is 10.0. The van der Waals surface area contributed by atoms with Gasteiger partial charge in [-0.25, -0.2) is 4.98 Å². The topological polar surface area (TPSA) is 110 Å². The van der Waals surface area contributed by atoms with Gasteiger partial charge in [0.05, 0.1) is 24.6 Å². The van der Waals surface area contributed by atoms with Crippen LogP contribution in [0.15, 0.2) is 90.7 Å². The lowest BCUT2D eigenvalue weighted by Crippen LogP contribution is -2.37. The van der Waals surface area contributed by atoms with Crippen LogP contribution in [-0.4, -0.2) is 52.4 Å². The van der Waals surface area contributed by atoms with Crippen molar-refractivity contribution in [3.63, 3.8) is 0 Å². The number of carbonyl (C=O) groups is 2. The lowest BCUT2D eigenvalue weighted by molar-refractivity contribution is -0.142. The number of thioether (sulfide) groups is 1. The van der Waals surface area contributed by atoms with Gasteiger partial charge in [-0.1, -0.05) is 73.4 Å². The van der Waals surface area contributed by atoms with Crippen molar-refractivity contribution in [1.29, 1.82) is 0 Å². The minimum atomic E-state index is -0.879. The van der Waals surface area contributed by atoms with E-state index in [0.717, 1.165) is 34.8 Å². The van der Waals surface area contributed by atoms with Gasteiger partial charge in [0.15, 0.2) is 5.78 Å². The van der Waals surface area contributed by atoms with E-state index in [1.54, 1.807) is 6.20 Å². The highest BCUT2D eigenvalue weighted by Gasteiger charge is 2.32. The van der Waals surface area contributed by atoms with E-state index in [4.69, 9.17) is 10.5 Å². The number of ketones is 1. The number of H-pyrrole nitrogens is 1. The van der Waals surface area contributed by atoms with Crippen LogP contribution >= 0.6 is 11.8 Å². The molecule has 1 aromatic carbocycles. The van der Waals surface area contributed by atoms with Gasteiger partial charge in [-0.3, -0.25) is 9.59 Å². The van der Waals surface area contributed by atoms with Crippen LogP contribution in [0.1, 0.15) is 30.1 Å². The quantitative estimate of drug-likeness (QED) is 0.397. The highest BCUT2D eigenvalue weighted by Crippen LogP contribution is 2.36. The summed E-state index contributed by atoms with van der Waals surface area (Å²) in [4.78, 5) is 33.8. The van der Waals surface area contributed by atoms with E-state index < -0.39 is 17.3 Å². The second-order valence-electron chi connectivity index (χ2n) is 8.97. The van der Waals surface area contributed by atoms with Gasteiger partial charge in [-0.05, 0) is 35.8 Å². The molecule has 3 unspecified atom stereocenters. The molecule has 2 aliphatic carbocycles. The Kier molecular flexibility index (Phi) is 8.63. The molecular formula is C29H32N4O3S. The lowest BCUT2D eigenvalue weighted by Gasteiger charge is -2.29. The summed E-state index contributed by atoms with van der Waals surface area (Å²) in [6.45, 7) is 4.27. The number of ether oxygens (including phenoxy) is 1. The van der Waals surface area contributed by atoms with Crippen LogP contribution < -0.4 is 11.1 Å². The van der Waals surface area contributed by atoms with Gasteiger partial charge in [0, 0.05) is 11.5 Å². The Balaban J connectivity index is 1.68. The van der Waals surface area contributed by atoms with E-state index >= 15 is 0 Å². The van der Waals surface area contributed by atoms with Crippen molar-refractivity contribution in [2.75, 3.05) is 18.7 Å². The molecular weight excluding hydrogens is 484 g/mol. The SMILES string of the molecule is C=C1C=CC(C(=O)C(C[C@H](N)C(=O)OC)SC)=C(c2ccccc2)C1Nc1cnc(C2C=CC=CC2)[nH]1. The fourth-order valence-corrected chi connectivity index (χ4v) is 5.28. The summed E-state index contributed by atoms with van der Waals surface area (Å²) in [5.74, 6) is 1.19. The number of esters is 1. The summed E-state index contributed by atoms with van der Waals surface area (Å²) >= 11 is 1.37. The molecule has 1 aromatic heterocycles. The van der Waals surface area contributed by atoms with Crippen molar-refractivity contribution in [2.45, 2.75) is 36.1 Å². The van der Waals surface area contributed by atoms with Crippen LogP contribution in [-0.2, 0) is 14.3 Å².